The van der Waals surface area contributed by atoms with Gasteiger partial charge in [0.2, 0.25) is 0 Å². The summed E-state index contributed by atoms with van der Waals surface area (Å²) in [5.41, 5.74) is 10.8. The van der Waals surface area contributed by atoms with Crippen molar-refractivity contribution in [2.24, 2.45) is 5.73 Å². The molecule has 2 N–H and O–H groups in total. The van der Waals surface area contributed by atoms with Crippen LogP contribution in [0.5, 0.6) is 0 Å². The second-order valence-corrected chi connectivity index (χ2v) is 7.31. The van der Waals surface area contributed by atoms with Gasteiger partial charge in [0.15, 0.2) is 0 Å². The van der Waals surface area contributed by atoms with Gasteiger partial charge < -0.3 is 17.0 Å². The van der Waals surface area contributed by atoms with Gasteiger partial charge in [-0.05, 0) is 48.2 Å². The summed E-state index contributed by atoms with van der Waals surface area (Å²) in [6, 6.07) is 17.3. The quantitative estimate of drug-likeness (QED) is 0.675. The second kappa shape index (κ2) is 6.40. The molecule has 4 rings (SSSR count). The molecule has 0 unspecified atom stereocenters. The summed E-state index contributed by atoms with van der Waals surface area (Å²) in [6.07, 6.45) is 4.87. The van der Waals surface area contributed by atoms with Gasteiger partial charge >= 0.3 is 0 Å². The largest absolute Gasteiger partial charge is 1.00 e. The van der Waals surface area contributed by atoms with Crippen LogP contribution in [0.15, 0.2) is 53.0 Å². The van der Waals surface area contributed by atoms with Crippen molar-refractivity contribution in [2.75, 3.05) is 0 Å². The molecular weight excluding hydrogens is 416 g/mol. The van der Waals surface area contributed by atoms with Crippen LogP contribution in [-0.2, 0) is 12.0 Å². The fraction of sp³-hybridized carbons (Fsp3) is 0.316. The summed E-state index contributed by atoms with van der Waals surface area (Å²) in [5.74, 6) is 1.03. The molecule has 0 amide bonds. The standard InChI is InChI=1S/C19H19BrN2.BrH/c20-15-7-9-16(10-8-15)22-13-14-5-1-2-6-17(14)19(18(22)21)11-3-4-12-19;/h1-2,5-10,21H,3-4,11-13H2;1H. The molecular formula is C19H20Br2N2. The zero-order chi connectivity index (χ0) is 15.2. The first-order valence-electron chi connectivity index (χ1n) is 7.95. The summed E-state index contributed by atoms with van der Waals surface area (Å²) in [5, 5.41) is 0. The number of halogens is 2. The van der Waals surface area contributed by atoms with Crippen LogP contribution >= 0.6 is 15.9 Å². The van der Waals surface area contributed by atoms with E-state index in [1.807, 2.05) is 0 Å². The van der Waals surface area contributed by atoms with Crippen molar-refractivity contribution in [3.05, 3.63) is 64.1 Å². The molecule has 1 saturated carbocycles. The topological polar surface area (TPSA) is 29.0 Å². The van der Waals surface area contributed by atoms with Gasteiger partial charge in [0, 0.05) is 4.47 Å². The molecule has 1 aliphatic carbocycles. The SMILES string of the molecule is NC1=[N+](c2ccc(Br)cc2)Cc2ccccc2C12CCCC2.[Br-]. The number of hydrogen-bond donors (Lipinski definition) is 1. The predicted octanol–water partition coefficient (Wildman–Crippen LogP) is 1.48. The Hall–Kier alpha value is -1.13. The fourth-order valence-corrected chi connectivity index (χ4v) is 4.40. The Morgan fingerprint density at radius 1 is 0.957 bits per heavy atom. The molecule has 4 heteroatoms. The molecule has 0 saturated heterocycles. The lowest BCUT2D eigenvalue weighted by molar-refractivity contribution is -0.465. The van der Waals surface area contributed by atoms with E-state index >= 15 is 0 Å². The highest BCUT2D eigenvalue weighted by Gasteiger charge is 2.48. The molecule has 0 radical (unpaired) electrons. The predicted molar refractivity (Wildman–Crippen MR) is 93.5 cm³/mol. The first kappa shape index (κ1) is 16.7. The van der Waals surface area contributed by atoms with E-state index < -0.39 is 0 Å². The third-order valence-electron chi connectivity index (χ3n) is 5.24. The molecule has 0 aromatic heterocycles. The van der Waals surface area contributed by atoms with Crippen molar-refractivity contribution >= 4 is 27.5 Å². The maximum Gasteiger partial charge on any atom is 0.258 e. The van der Waals surface area contributed by atoms with E-state index in [0.29, 0.717) is 0 Å². The molecule has 2 aromatic carbocycles. The van der Waals surface area contributed by atoms with Crippen molar-refractivity contribution < 1.29 is 21.6 Å². The zero-order valence-corrected chi connectivity index (χ0v) is 16.1. The van der Waals surface area contributed by atoms with Crippen LogP contribution in [0.1, 0.15) is 36.8 Å². The summed E-state index contributed by atoms with van der Waals surface area (Å²) in [4.78, 5) is 0. The van der Waals surface area contributed by atoms with E-state index in [1.54, 1.807) is 0 Å². The molecule has 1 fully saturated rings. The minimum atomic E-state index is 0. The lowest BCUT2D eigenvalue weighted by Crippen LogP contribution is -3.00. The second-order valence-electron chi connectivity index (χ2n) is 6.39. The van der Waals surface area contributed by atoms with Gasteiger partial charge in [-0.1, -0.05) is 53.0 Å². The van der Waals surface area contributed by atoms with E-state index in [9.17, 15) is 0 Å². The molecule has 1 heterocycles. The average Bonchev–Trinajstić information content (AvgIpc) is 3.03. The summed E-state index contributed by atoms with van der Waals surface area (Å²) < 4.78 is 3.41. The van der Waals surface area contributed by atoms with Gasteiger partial charge in [-0.3, -0.25) is 5.73 Å². The number of fused-ring (bicyclic) bond motifs is 2. The van der Waals surface area contributed by atoms with Crippen molar-refractivity contribution in [3.63, 3.8) is 0 Å². The van der Waals surface area contributed by atoms with Gasteiger partial charge in [0.25, 0.3) is 5.84 Å². The monoisotopic (exact) mass is 434 g/mol. The van der Waals surface area contributed by atoms with Crippen LogP contribution in [-0.4, -0.2) is 10.4 Å². The van der Waals surface area contributed by atoms with Gasteiger partial charge in [0.05, 0.1) is 5.41 Å². The van der Waals surface area contributed by atoms with Gasteiger partial charge in [-0.15, -0.1) is 0 Å². The number of amidine groups is 1. The summed E-state index contributed by atoms with van der Waals surface area (Å²) >= 11 is 3.51. The Kier molecular flexibility index (Phi) is 4.65. The van der Waals surface area contributed by atoms with Gasteiger partial charge in [-0.2, -0.15) is 0 Å². The highest BCUT2D eigenvalue weighted by Crippen LogP contribution is 2.45. The van der Waals surface area contributed by atoms with Crippen LogP contribution in [0.2, 0.25) is 0 Å². The molecule has 120 valence electrons. The Morgan fingerprint density at radius 3 is 2.30 bits per heavy atom. The highest BCUT2D eigenvalue weighted by atomic mass is 79.9. The fourth-order valence-electron chi connectivity index (χ4n) is 4.13. The van der Waals surface area contributed by atoms with E-state index in [4.69, 9.17) is 5.73 Å². The smallest absolute Gasteiger partial charge is 0.258 e. The maximum absolute atomic E-state index is 6.74. The Morgan fingerprint density at radius 2 is 1.61 bits per heavy atom. The number of nitrogens with zero attached hydrogens (tertiary/aromatic N) is 1. The van der Waals surface area contributed by atoms with E-state index in [1.165, 1.54) is 42.5 Å². The van der Waals surface area contributed by atoms with Crippen molar-refractivity contribution in [3.8, 4) is 0 Å². The molecule has 1 spiro atoms. The third-order valence-corrected chi connectivity index (χ3v) is 5.77. The van der Waals surface area contributed by atoms with Crippen LogP contribution in [0, 0.1) is 0 Å². The van der Waals surface area contributed by atoms with Crippen LogP contribution in [0.25, 0.3) is 0 Å². The molecule has 23 heavy (non-hydrogen) atoms. The highest BCUT2D eigenvalue weighted by molar-refractivity contribution is 9.10. The zero-order valence-electron chi connectivity index (χ0n) is 12.9. The number of nitrogens with two attached hydrogens (primary N) is 1. The molecule has 2 nitrogen and oxygen atoms in total. The normalized spacial score (nSPS) is 18.7. The number of rotatable bonds is 1. The van der Waals surface area contributed by atoms with E-state index in [2.05, 4.69) is 69.0 Å². The summed E-state index contributed by atoms with van der Waals surface area (Å²) in [7, 11) is 0. The Bertz CT molecular complexity index is 744. The average molecular weight is 436 g/mol. The van der Waals surface area contributed by atoms with Crippen molar-refractivity contribution in [2.45, 2.75) is 37.6 Å². The third kappa shape index (κ3) is 2.66. The minimum Gasteiger partial charge on any atom is -1.00 e. The molecule has 1 aliphatic heterocycles. The van der Waals surface area contributed by atoms with Crippen molar-refractivity contribution in [1.82, 2.24) is 0 Å². The summed E-state index contributed by atoms with van der Waals surface area (Å²) in [6.45, 7) is 0.866. The Balaban J connectivity index is 0.00000156. The van der Waals surface area contributed by atoms with Crippen molar-refractivity contribution in [1.29, 1.82) is 0 Å². The first-order chi connectivity index (χ1) is 10.7. The van der Waals surface area contributed by atoms with Gasteiger partial charge in [0.1, 0.15) is 12.2 Å². The molecule has 0 atom stereocenters. The molecule has 2 aromatic rings. The lowest BCUT2D eigenvalue weighted by Gasteiger charge is -2.33. The molecule has 0 bridgehead atoms. The minimum absolute atomic E-state index is 0. The van der Waals surface area contributed by atoms with E-state index in [0.717, 1.165) is 16.9 Å². The maximum atomic E-state index is 6.74. The molecule has 2 aliphatic rings. The first-order valence-corrected chi connectivity index (χ1v) is 8.74. The number of benzene rings is 2. The van der Waals surface area contributed by atoms with Crippen LogP contribution in [0.3, 0.4) is 0 Å². The van der Waals surface area contributed by atoms with Crippen LogP contribution < -0.4 is 22.7 Å². The van der Waals surface area contributed by atoms with Crippen LogP contribution in [0.4, 0.5) is 5.69 Å². The van der Waals surface area contributed by atoms with E-state index in [-0.39, 0.29) is 22.4 Å². The lowest BCUT2D eigenvalue weighted by atomic mass is 9.73. The Labute approximate surface area is 156 Å². The van der Waals surface area contributed by atoms with Gasteiger partial charge in [-0.25, -0.2) is 4.58 Å². The number of hydrogen-bond acceptors (Lipinski definition) is 1.